The van der Waals surface area contributed by atoms with Crippen molar-refractivity contribution in [1.82, 2.24) is 0 Å². The lowest BCUT2D eigenvalue weighted by atomic mass is 9.98. The molecule has 12 heteroatoms. The van der Waals surface area contributed by atoms with Crippen LogP contribution >= 0.6 is 0 Å². The average molecular weight is 1110 g/mol. The Hall–Kier alpha value is -3.84. The molecule has 6 atom stereocenters. The molecule has 0 amide bonds. The summed E-state index contributed by atoms with van der Waals surface area (Å²) < 4.78 is 28.5. The predicted molar refractivity (Wildman–Crippen MR) is 322 cm³/mol. The third kappa shape index (κ3) is 44.5. The Bertz CT molecular complexity index is 1650. The number of rotatable bonds is 54. The summed E-state index contributed by atoms with van der Waals surface area (Å²) in [5, 5.41) is 31.6. The molecule has 12 nitrogen and oxygen atoms in total. The van der Waals surface area contributed by atoms with Crippen molar-refractivity contribution < 1.29 is 58.2 Å². The summed E-state index contributed by atoms with van der Waals surface area (Å²) in [7, 11) is 0. The van der Waals surface area contributed by atoms with Gasteiger partial charge in [0.2, 0.25) is 0 Å². The number of esters is 3. The molecule has 0 aromatic carbocycles. The number of ether oxygens (including phenoxy) is 5. The van der Waals surface area contributed by atoms with Gasteiger partial charge in [-0.15, -0.1) is 0 Å². The Balaban J connectivity index is 2.67. The predicted octanol–water partition coefficient (Wildman–Crippen LogP) is 16.9. The van der Waals surface area contributed by atoms with Gasteiger partial charge in [0.05, 0.1) is 6.61 Å². The molecule has 1 rings (SSSR count). The second-order valence-corrected chi connectivity index (χ2v) is 21.7. The fourth-order valence-corrected chi connectivity index (χ4v) is 9.39. The number of aliphatic hydroxyl groups excluding tert-OH is 2. The maximum Gasteiger partial charge on any atom is 0.335 e. The van der Waals surface area contributed by atoms with Crippen LogP contribution in [-0.2, 0) is 42.9 Å². The molecule has 1 heterocycles. The minimum Gasteiger partial charge on any atom is -0.479 e. The van der Waals surface area contributed by atoms with Crippen LogP contribution in [0, 0.1) is 0 Å². The number of allylic oxidation sites excluding steroid dienone is 12. The summed E-state index contributed by atoms with van der Waals surface area (Å²) in [5.74, 6) is -3.14. The van der Waals surface area contributed by atoms with Gasteiger partial charge in [-0.3, -0.25) is 14.4 Å². The molecule has 1 saturated heterocycles. The fraction of sp³-hybridized carbons (Fsp3) is 0.761. The van der Waals surface area contributed by atoms with Crippen molar-refractivity contribution in [3.8, 4) is 0 Å². The van der Waals surface area contributed by atoms with Gasteiger partial charge in [-0.25, -0.2) is 4.79 Å². The number of hydrogen-bond donors (Lipinski definition) is 3. The molecule has 1 aliphatic heterocycles. The molecule has 6 unspecified atom stereocenters. The highest BCUT2D eigenvalue weighted by atomic mass is 16.7. The summed E-state index contributed by atoms with van der Waals surface area (Å²) in [6.45, 7) is 5.86. The van der Waals surface area contributed by atoms with E-state index in [2.05, 4.69) is 93.7 Å². The van der Waals surface area contributed by atoms with Gasteiger partial charge in [0.15, 0.2) is 24.6 Å². The zero-order valence-corrected chi connectivity index (χ0v) is 50.1. The highest BCUT2D eigenvalue weighted by molar-refractivity contribution is 5.74. The lowest BCUT2D eigenvalue weighted by Crippen LogP contribution is -2.61. The lowest BCUT2D eigenvalue weighted by Gasteiger charge is -2.40. The molecule has 0 radical (unpaired) electrons. The second-order valence-electron chi connectivity index (χ2n) is 21.7. The van der Waals surface area contributed by atoms with E-state index in [-0.39, 0.29) is 25.9 Å². The van der Waals surface area contributed by atoms with Crippen LogP contribution in [0.4, 0.5) is 0 Å². The molecule has 0 spiro atoms. The van der Waals surface area contributed by atoms with Crippen molar-refractivity contribution in [2.45, 2.75) is 314 Å². The summed E-state index contributed by atoms with van der Waals surface area (Å²) in [6, 6.07) is 0. The molecule has 1 fully saturated rings. The maximum absolute atomic E-state index is 13.2. The van der Waals surface area contributed by atoms with E-state index in [0.717, 1.165) is 122 Å². The first-order chi connectivity index (χ1) is 38.6. The number of unbranched alkanes of at least 4 members (excludes halogenated alkanes) is 28. The van der Waals surface area contributed by atoms with Crippen molar-refractivity contribution in [1.29, 1.82) is 0 Å². The van der Waals surface area contributed by atoms with Crippen molar-refractivity contribution in [2.75, 3.05) is 13.2 Å². The van der Waals surface area contributed by atoms with Crippen LogP contribution in [0.5, 0.6) is 0 Å². The van der Waals surface area contributed by atoms with Crippen molar-refractivity contribution in [2.24, 2.45) is 0 Å². The third-order valence-corrected chi connectivity index (χ3v) is 14.3. The lowest BCUT2D eigenvalue weighted by molar-refractivity contribution is -0.301. The van der Waals surface area contributed by atoms with Crippen LogP contribution in [0.3, 0.4) is 0 Å². The number of aliphatic hydroxyl groups is 2. The van der Waals surface area contributed by atoms with E-state index in [1.54, 1.807) is 0 Å². The SMILES string of the molecule is CC/C=C\C/C=C\C/C=C\CCCCCCCC(=O)OCC(COC1OC(C(=O)O)C(O)C(O)C1OC(=O)CCCCCCCC/C=C\C/C=C\C/C=C\CCCCC)OC(=O)CCCCCCCCCCCCCCCCC. The number of hydrogen-bond acceptors (Lipinski definition) is 11. The maximum atomic E-state index is 13.2. The van der Waals surface area contributed by atoms with Gasteiger partial charge in [-0.1, -0.05) is 241 Å². The highest BCUT2D eigenvalue weighted by Gasteiger charge is 2.50. The summed E-state index contributed by atoms with van der Waals surface area (Å²) >= 11 is 0. The Labute approximate surface area is 480 Å². The highest BCUT2D eigenvalue weighted by Crippen LogP contribution is 2.27. The molecular formula is C67H114O12. The molecule has 454 valence electrons. The van der Waals surface area contributed by atoms with Crippen molar-refractivity contribution in [3.05, 3.63) is 72.9 Å². The summed E-state index contributed by atoms with van der Waals surface area (Å²) in [6.07, 6.45) is 57.1. The number of aliphatic carboxylic acids is 1. The zero-order chi connectivity index (χ0) is 57.5. The summed E-state index contributed by atoms with van der Waals surface area (Å²) in [4.78, 5) is 51.3. The van der Waals surface area contributed by atoms with E-state index < -0.39 is 67.3 Å². The third-order valence-electron chi connectivity index (χ3n) is 14.3. The largest absolute Gasteiger partial charge is 0.479 e. The molecule has 0 aromatic heterocycles. The van der Waals surface area contributed by atoms with Crippen molar-refractivity contribution >= 4 is 23.9 Å². The molecule has 79 heavy (non-hydrogen) atoms. The fourth-order valence-electron chi connectivity index (χ4n) is 9.39. The van der Waals surface area contributed by atoms with E-state index in [1.807, 2.05) is 0 Å². The Morgan fingerprint density at radius 3 is 1.24 bits per heavy atom. The molecule has 0 bridgehead atoms. The van der Waals surface area contributed by atoms with Gasteiger partial charge in [-0.05, 0) is 89.9 Å². The van der Waals surface area contributed by atoms with Crippen LogP contribution < -0.4 is 0 Å². The summed E-state index contributed by atoms with van der Waals surface area (Å²) in [5.41, 5.74) is 0. The molecular weight excluding hydrogens is 997 g/mol. The van der Waals surface area contributed by atoms with Crippen LogP contribution in [0.25, 0.3) is 0 Å². The van der Waals surface area contributed by atoms with Gasteiger partial charge in [-0.2, -0.15) is 0 Å². The Kier molecular flexibility index (Phi) is 50.7. The molecule has 1 aliphatic rings. The zero-order valence-electron chi connectivity index (χ0n) is 50.1. The monoisotopic (exact) mass is 1110 g/mol. The van der Waals surface area contributed by atoms with Crippen molar-refractivity contribution in [3.63, 3.8) is 0 Å². The van der Waals surface area contributed by atoms with E-state index in [1.165, 1.54) is 96.3 Å². The van der Waals surface area contributed by atoms with Gasteiger partial charge < -0.3 is 39.0 Å². The van der Waals surface area contributed by atoms with E-state index >= 15 is 0 Å². The normalized spacial score (nSPS) is 18.3. The number of carboxylic acid groups (broad SMARTS) is 1. The Morgan fingerprint density at radius 2 is 0.797 bits per heavy atom. The average Bonchev–Trinajstić information content (AvgIpc) is 3.46. The van der Waals surface area contributed by atoms with Crippen LogP contribution in [-0.4, -0.2) is 89.2 Å². The van der Waals surface area contributed by atoms with Crippen LogP contribution in [0.1, 0.15) is 278 Å². The van der Waals surface area contributed by atoms with Crippen LogP contribution in [0.15, 0.2) is 72.9 Å². The van der Waals surface area contributed by atoms with Crippen LogP contribution in [0.2, 0.25) is 0 Å². The first-order valence-electron chi connectivity index (χ1n) is 31.9. The molecule has 0 aromatic rings. The Morgan fingerprint density at radius 1 is 0.430 bits per heavy atom. The van der Waals surface area contributed by atoms with Gasteiger partial charge in [0, 0.05) is 19.3 Å². The van der Waals surface area contributed by atoms with E-state index in [9.17, 15) is 34.5 Å². The number of carbonyl (C=O) groups excluding carboxylic acids is 3. The molecule has 0 saturated carbocycles. The second kappa shape index (κ2) is 54.7. The standard InChI is InChI=1S/C67H114O12/c1-4-7-10-13-16-19-22-25-28-29-30-31-34-37-40-43-46-49-52-55-61(70)78-65-63(72)62(71)64(66(73)74)79-67(65)76-57-58(77-60(69)54-51-48-45-42-39-36-33-27-24-21-18-15-12-9-6-3)56-75-59(68)53-50-47-44-41-38-35-32-26-23-20-17-14-11-8-5-2/h8,11,16-17,19-20,25-26,28,30-32,58,62-65,67,71-72H,4-7,9-10,12-15,18,21-24,27,29,33-57H2,1-3H3,(H,73,74)/b11-8-,19-16-,20-17-,28-25-,31-30-,32-26-. The first kappa shape index (κ1) is 73.2. The van der Waals surface area contributed by atoms with Gasteiger partial charge in [0.25, 0.3) is 0 Å². The topological polar surface area (TPSA) is 175 Å². The molecule has 3 N–H and O–H groups in total. The minimum absolute atomic E-state index is 0.0436. The number of carbonyl (C=O) groups is 4. The quantitative estimate of drug-likeness (QED) is 0.0228. The minimum atomic E-state index is -1.91. The van der Waals surface area contributed by atoms with E-state index in [0.29, 0.717) is 19.3 Å². The molecule has 0 aliphatic carbocycles. The first-order valence-corrected chi connectivity index (χ1v) is 31.9. The number of carboxylic acids is 1. The smallest absolute Gasteiger partial charge is 0.335 e. The van der Waals surface area contributed by atoms with E-state index in [4.69, 9.17) is 23.7 Å². The van der Waals surface area contributed by atoms with Gasteiger partial charge >= 0.3 is 23.9 Å². The van der Waals surface area contributed by atoms with Gasteiger partial charge in [0.1, 0.15) is 18.8 Å².